The number of nitrogens with zero attached hydrogens (tertiary/aromatic N) is 1. The summed E-state index contributed by atoms with van der Waals surface area (Å²) in [5.74, 6) is 0.321. The summed E-state index contributed by atoms with van der Waals surface area (Å²) in [5, 5.41) is 3.02. The van der Waals surface area contributed by atoms with Crippen LogP contribution in [0.5, 0.6) is 5.75 Å². The predicted molar refractivity (Wildman–Crippen MR) is 126 cm³/mol. The number of anilines is 1. The van der Waals surface area contributed by atoms with Gasteiger partial charge in [-0.1, -0.05) is 52.0 Å². The molecule has 0 aliphatic rings. The van der Waals surface area contributed by atoms with Crippen LogP contribution in [0.15, 0.2) is 48.5 Å². The maximum absolute atomic E-state index is 12.8. The van der Waals surface area contributed by atoms with Gasteiger partial charge in [0.25, 0.3) is 5.91 Å². The molecule has 0 saturated carbocycles. The average Bonchev–Trinajstić information content (AvgIpc) is 2.70. The summed E-state index contributed by atoms with van der Waals surface area (Å²) in [6.45, 7) is 10.3. The fourth-order valence-electron chi connectivity index (χ4n) is 3.07. The lowest BCUT2D eigenvalue weighted by molar-refractivity contribution is -0.128. The minimum Gasteiger partial charge on any atom is -0.481 e. The SMILES string of the molecule is CC[C@H](Oc1ccc(N(C)S(C)(=O)=O)cc1)C(=O)N[C@H](C)c1ccc(C(C)(C)C)cc1. The third kappa shape index (κ3) is 6.72. The van der Waals surface area contributed by atoms with Crippen molar-refractivity contribution in [2.75, 3.05) is 17.6 Å². The highest BCUT2D eigenvalue weighted by Crippen LogP contribution is 2.25. The number of sulfonamides is 1. The van der Waals surface area contributed by atoms with E-state index in [-0.39, 0.29) is 17.4 Å². The summed E-state index contributed by atoms with van der Waals surface area (Å²) in [4.78, 5) is 12.8. The van der Waals surface area contributed by atoms with Crippen molar-refractivity contribution in [1.82, 2.24) is 5.32 Å². The lowest BCUT2D eigenvalue weighted by Gasteiger charge is -2.23. The fourth-order valence-corrected chi connectivity index (χ4v) is 3.58. The Bertz CT molecular complexity index is 978. The molecule has 0 unspecified atom stereocenters. The van der Waals surface area contributed by atoms with Crippen LogP contribution in [0.2, 0.25) is 0 Å². The molecule has 2 atom stereocenters. The van der Waals surface area contributed by atoms with Gasteiger partial charge in [0.2, 0.25) is 10.0 Å². The zero-order chi connectivity index (χ0) is 23.4. The number of carbonyl (C=O) groups excluding carboxylic acids is 1. The van der Waals surface area contributed by atoms with E-state index in [9.17, 15) is 13.2 Å². The highest BCUT2D eigenvalue weighted by Gasteiger charge is 2.22. The van der Waals surface area contributed by atoms with Crippen LogP contribution in [0.25, 0.3) is 0 Å². The Morgan fingerprint density at radius 3 is 2.06 bits per heavy atom. The Morgan fingerprint density at radius 1 is 1.06 bits per heavy atom. The molecular weight excluding hydrogens is 412 g/mol. The zero-order valence-corrected chi connectivity index (χ0v) is 20.3. The van der Waals surface area contributed by atoms with E-state index in [0.29, 0.717) is 17.9 Å². The van der Waals surface area contributed by atoms with Crippen molar-refractivity contribution >= 4 is 21.6 Å². The molecule has 0 bridgehead atoms. The monoisotopic (exact) mass is 446 g/mol. The molecule has 0 aliphatic carbocycles. The summed E-state index contributed by atoms with van der Waals surface area (Å²) < 4.78 is 30.4. The molecule has 0 fully saturated rings. The van der Waals surface area contributed by atoms with Gasteiger partial charge in [-0.2, -0.15) is 0 Å². The molecule has 2 aromatic rings. The second kappa shape index (κ2) is 9.73. The van der Waals surface area contributed by atoms with Crippen LogP contribution in [-0.2, 0) is 20.2 Å². The molecule has 6 nitrogen and oxygen atoms in total. The number of ether oxygens (including phenoxy) is 1. The topological polar surface area (TPSA) is 75.7 Å². The van der Waals surface area contributed by atoms with Crippen molar-refractivity contribution in [1.29, 1.82) is 0 Å². The minimum absolute atomic E-state index is 0.0812. The summed E-state index contributed by atoms with van der Waals surface area (Å²) in [5.41, 5.74) is 2.89. The first kappa shape index (κ1) is 24.7. The fraction of sp³-hybridized carbons (Fsp3) is 0.458. The Kier molecular flexibility index (Phi) is 7.76. The van der Waals surface area contributed by atoms with Crippen LogP contribution in [0.4, 0.5) is 5.69 Å². The summed E-state index contributed by atoms with van der Waals surface area (Å²) in [6.07, 6.45) is 1.01. The van der Waals surface area contributed by atoms with Crippen molar-refractivity contribution in [2.45, 2.75) is 58.6 Å². The van der Waals surface area contributed by atoms with E-state index in [0.717, 1.165) is 11.8 Å². The molecule has 1 amide bonds. The van der Waals surface area contributed by atoms with Crippen molar-refractivity contribution in [2.24, 2.45) is 0 Å². The average molecular weight is 447 g/mol. The molecule has 0 aliphatic heterocycles. The second-order valence-corrected chi connectivity index (χ2v) is 10.9. The maximum atomic E-state index is 12.8. The number of hydrogen-bond acceptors (Lipinski definition) is 4. The third-order valence-electron chi connectivity index (χ3n) is 5.27. The van der Waals surface area contributed by atoms with Crippen LogP contribution < -0.4 is 14.4 Å². The van der Waals surface area contributed by atoms with Gasteiger partial charge < -0.3 is 10.1 Å². The van der Waals surface area contributed by atoms with Gasteiger partial charge in [-0.3, -0.25) is 9.10 Å². The second-order valence-electron chi connectivity index (χ2n) is 8.84. The standard InChI is InChI=1S/C24H34N2O4S/c1-8-22(30-21-15-13-20(14-16-21)26(6)31(7,28)29)23(27)25-17(2)18-9-11-19(12-10-18)24(3,4)5/h9-17,22H,8H2,1-7H3,(H,25,27)/t17-,22+/m1/s1. The van der Waals surface area contributed by atoms with Gasteiger partial charge >= 0.3 is 0 Å². The van der Waals surface area contributed by atoms with Crippen molar-refractivity contribution in [3.05, 3.63) is 59.7 Å². The van der Waals surface area contributed by atoms with E-state index in [4.69, 9.17) is 4.74 Å². The van der Waals surface area contributed by atoms with E-state index in [1.165, 1.54) is 16.9 Å². The number of benzene rings is 2. The molecule has 170 valence electrons. The molecule has 0 spiro atoms. The van der Waals surface area contributed by atoms with E-state index < -0.39 is 16.1 Å². The molecule has 2 aromatic carbocycles. The quantitative estimate of drug-likeness (QED) is 0.651. The van der Waals surface area contributed by atoms with Crippen molar-refractivity contribution < 1.29 is 17.9 Å². The van der Waals surface area contributed by atoms with Gasteiger partial charge in [0.15, 0.2) is 6.10 Å². The molecule has 0 radical (unpaired) electrons. The normalized spacial score (nSPS) is 13.9. The lowest BCUT2D eigenvalue weighted by atomic mass is 9.86. The Labute approximate surface area is 186 Å². The molecule has 2 rings (SSSR count). The number of amides is 1. The van der Waals surface area contributed by atoms with Crippen molar-refractivity contribution in [3.63, 3.8) is 0 Å². The molecule has 0 aromatic heterocycles. The van der Waals surface area contributed by atoms with E-state index in [1.54, 1.807) is 24.3 Å². The summed E-state index contributed by atoms with van der Waals surface area (Å²) in [6, 6.07) is 14.8. The maximum Gasteiger partial charge on any atom is 0.261 e. The first-order chi connectivity index (χ1) is 14.3. The number of hydrogen-bond donors (Lipinski definition) is 1. The van der Waals surface area contributed by atoms with Crippen LogP contribution in [-0.4, -0.2) is 33.7 Å². The highest BCUT2D eigenvalue weighted by molar-refractivity contribution is 7.92. The van der Waals surface area contributed by atoms with Gasteiger partial charge in [0.1, 0.15) is 5.75 Å². The van der Waals surface area contributed by atoms with Gasteiger partial charge in [0, 0.05) is 7.05 Å². The molecule has 7 heteroatoms. The first-order valence-electron chi connectivity index (χ1n) is 10.4. The van der Waals surface area contributed by atoms with Gasteiger partial charge in [0.05, 0.1) is 18.0 Å². The van der Waals surface area contributed by atoms with Gasteiger partial charge in [-0.05, 0) is 54.2 Å². The Hall–Kier alpha value is -2.54. The van der Waals surface area contributed by atoms with Crippen LogP contribution >= 0.6 is 0 Å². The molecule has 0 heterocycles. The minimum atomic E-state index is -3.33. The first-order valence-corrected chi connectivity index (χ1v) is 12.3. The molecule has 0 saturated heterocycles. The molecule has 1 N–H and O–H groups in total. The van der Waals surface area contributed by atoms with Crippen LogP contribution in [0.1, 0.15) is 58.2 Å². The molecule has 31 heavy (non-hydrogen) atoms. The Balaban J connectivity index is 2.03. The largest absolute Gasteiger partial charge is 0.481 e. The van der Waals surface area contributed by atoms with E-state index >= 15 is 0 Å². The van der Waals surface area contributed by atoms with E-state index in [1.807, 2.05) is 26.0 Å². The van der Waals surface area contributed by atoms with E-state index in [2.05, 4.69) is 38.2 Å². The smallest absolute Gasteiger partial charge is 0.261 e. The zero-order valence-electron chi connectivity index (χ0n) is 19.5. The summed E-state index contributed by atoms with van der Waals surface area (Å²) >= 11 is 0. The van der Waals surface area contributed by atoms with Crippen LogP contribution in [0, 0.1) is 0 Å². The molecular formula is C24H34N2O4S. The number of rotatable bonds is 8. The Morgan fingerprint density at radius 2 is 1.61 bits per heavy atom. The number of carbonyl (C=O) groups is 1. The number of nitrogens with one attached hydrogen (secondary N) is 1. The van der Waals surface area contributed by atoms with Crippen LogP contribution in [0.3, 0.4) is 0 Å². The lowest BCUT2D eigenvalue weighted by Crippen LogP contribution is -2.39. The van der Waals surface area contributed by atoms with Crippen molar-refractivity contribution in [3.8, 4) is 5.75 Å². The highest BCUT2D eigenvalue weighted by atomic mass is 32.2. The van der Waals surface area contributed by atoms with Gasteiger partial charge in [-0.25, -0.2) is 8.42 Å². The predicted octanol–water partition coefficient (Wildman–Crippen LogP) is 4.41. The summed E-state index contributed by atoms with van der Waals surface area (Å²) in [7, 11) is -1.84. The van der Waals surface area contributed by atoms with Gasteiger partial charge in [-0.15, -0.1) is 0 Å². The third-order valence-corrected chi connectivity index (χ3v) is 6.48.